The van der Waals surface area contributed by atoms with Gasteiger partial charge in [0.05, 0.1) is 17.9 Å². The van der Waals surface area contributed by atoms with E-state index in [4.69, 9.17) is 4.74 Å². The van der Waals surface area contributed by atoms with Gasteiger partial charge >= 0.3 is 6.03 Å². The van der Waals surface area contributed by atoms with Crippen LogP contribution in [0.15, 0.2) is 55.0 Å². The van der Waals surface area contributed by atoms with Crippen LogP contribution >= 0.6 is 0 Å². The maximum atomic E-state index is 13.0. The van der Waals surface area contributed by atoms with E-state index in [0.29, 0.717) is 18.1 Å². The van der Waals surface area contributed by atoms with Crippen LogP contribution in [0.4, 0.5) is 10.6 Å². The van der Waals surface area contributed by atoms with Gasteiger partial charge in [0.2, 0.25) is 0 Å². The van der Waals surface area contributed by atoms with Gasteiger partial charge in [-0.25, -0.2) is 14.8 Å². The van der Waals surface area contributed by atoms with Crippen LogP contribution in [-0.4, -0.2) is 30.6 Å². The molecule has 0 radical (unpaired) electrons. The molecule has 2 N–H and O–H groups in total. The number of carbonyl (C=O) groups excluding carboxylic acids is 1. The number of hydrogen-bond donors (Lipinski definition) is 2. The Bertz CT molecular complexity index is 1390. The third kappa shape index (κ3) is 5.00. The molecule has 3 heterocycles. The van der Waals surface area contributed by atoms with Gasteiger partial charge in [-0.15, -0.1) is 10.2 Å². The number of amides is 2. The average molecular weight is 486 g/mol. The monoisotopic (exact) mass is 485 g/mol. The van der Waals surface area contributed by atoms with Crippen molar-refractivity contribution in [3.63, 3.8) is 0 Å². The molecular weight excluding hydrogens is 454 g/mol. The summed E-state index contributed by atoms with van der Waals surface area (Å²) in [7, 11) is 0. The minimum absolute atomic E-state index is 0.112. The molecule has 5 rings (SSSR count). The summed E-state index contributed by atoms with van der Waals surface area (Å²) in [6.07, 6.45) is 5.64. The predicted octanol–water partition coefficient (Wildman–Crippen LogP) is 5.16. The molecule has 2 unspecified atom stereocenters. The molecule has 0 fully saturated rings. The van der Waals surface area contributed by atoms with Crippen LogP contribution in [0.3, 0.4) is 0 Å². The lowest BCUT2D eigenvalue weighted by Crippen LogP contribution is -2.36. The zero-order chi connectivity index (χ0) is 25.3. The van der Waals surface area contributed by atoms with E-state index in [1.807, 2.05) is 47.9 Å². The molecule has 0 spiro atoms. The van der Waals surface area contributed by atoms with Crippen molar-refractivity contribution in [3.05, 3.63) is 77.6 Å². The summed E-state index contributed by atoms with van der Waals surface area (Å²) in [5, 5.41) is 14.0. The summed E-state index contributed by atoms with van der Waals surface area (Å²) in [5.74, 6) is 1.97. The fraction of sp³-hybridized carbons (Fsp3) is 0.370. The number of aromatic nitrogens is 5. The largest absolute Gasteiger partial charge is 0.484 e. The van der Waals surface area contributed by atoms with Crippen molar-refractivity contribution in [2.75, 3.05) is 5.32 Å². The van der Waals surface area contributed by atoms with Crippen molar-refractivity contribution < 1.29 is 9.53 Å². The predicted molar refractivity (Wildman–Crippen MR) is 137 cm³/mol. The number of carbonyl (C=O) groups is 1. The van der Waals surface area contributed by atoms with Crippen LogP contribution in [0.1, 0.15) is 75.3 Å². The van der Waals surface area contributed by atoms with Gasteiger partial charge < -0.3 is 10.1 Å². The van der Waals surface area contributed by atoms with Crippen LogP contribution < -0.4 is 15.4 Å². The van der Waals surface area contributed by atoms with Gasteiger partial charge in [0.1, 0.15) is 29.8 Å². The van der Waals surface area contributed by atoms with Gasteiger partial charge in [-0.2, -0.15) is 0 Å². The quantitative estimate of drug-likeness (QED) is 0.405. The fourth-order valence-corrected chi connectivity index (χ4v) is 4.48. The highest BCUT2D eigenvalue weighted by atomic mass is 16.5. The molecule has 4 aromatic rings. The molecular formula is C27H31N7O2. The van der Waals surface area contributed by atoms with Gasteiger partial charge in [-0.3, -0.25) is 9.72 Å². The number of nitrogens with one attached hydrogen (secondary N) is 2. The normalized spacial score (nSPS) is 17.4. The molecule has 186 valence electrons. The van der Waals surface area contributed by atoms with E-state index in [1.54, 1.807) is 6.33 Å². The Morgan fingerprint density at radius 1 is 1.11 bits per heavy atom. The smallest absolute Gasteiger partial charge is 0.320 e. The lowest BCUT2D eigenvalue weighted by Gasteiger charge is -2.32. The van der Waals surface area contributed by atoms with Crippen LogP contribution in [0.2, 0.25) is 0 Å². The number of ether oxygens (including phenoxy) is 1. The number of rotatable bonds is 5. The summed E-state index contributed by atoms with van der Waals surface area (Å²) >= 11 is 0. The first kappa shape index (κ1) is 23.7. The van der Waals surface area contributed by atoms with E-state index in [1.165, 1.54) is 0 Å². The second-order valence-corrected chi connectivity index (χ2v) is 10.1. The highest BCUT2D eigenvalue weighted by molar-refractivity contribution is 5.88. The molecule has 0 saturated heterocycles. The van der Waals surface area contributed by atoms with Gasteiger partial charge in [-0.05, 0) is 36.1 Å². The van der Waals surface area contributed by atoms with Crippen LogP contribution in [-0.2, 0) is 11.8 Å². The number of aryl methyl sites for hydroxylation is 1. The molecule has 9 heteroatoms. The first-order valence-corrected chi connectivity index (χ1v) is 12.3. The lowest BCUT2D eigenvalue weighted by atomic mass is 9.85. The highest BCUT2D eigenvalue weighted by Gasteiger charge is 2.29. The van der Waals surface area contributed by atoms with Gasteiger partial charge in [-0.1, -0.05) is 52.0 Å². The van der Waals surface area contributed by atoms with Crippen molar-refractivity contribution in [2.24, 2.45) is 0 Å². The molecule has 36 heavy (non-hydrogen) atoms. The first-order chi connectivity index (χ1) is 17.3. The van der Waals surface area contributed by atoms with Crippen LogP contribution in [0.25, 0.3) is 5.65 Å². The van der Waals surface area contributed by atoms with Crippen molar-refractivity contribution >= 4 is 17.5 Å². The molecule has 3 aromatic heterocycles. The van der Waals surface area contributed by atoms with E-state index in [9.17, 15) is 4.79 Å². The number of pyridine rings is 1. The third-order valence-electron chi connectivity index (χ3n) is 6.38. The second kappa shape index (κ2) is 9.56. The highest BCUT2D eigenvalue weighted by Crippen LogP contribution is 2.38. The summed E-state index contributed by atoms with van der Waals surface area (Å²) in [4.78, 5) is 22.1. The number of urea groups is 1. The molecule has 9 nitrogen and oxygen atoms in total. The van der Waals surface area contributed by atoms with Crippen molar-refractivity contribution in [1.82, 2.24) is 29.9 Å². The molecule has 0 saturated carbocycles. The molecule has 0 aliphatic heterocycles. The fourth-order valence-electron chi connectivity index (χ4n) is 4.48. The SMILES string of the molecule is CCc1nc(NC(=O)NC2CCC(Oc3ccc4nncn4c3)c3ccccc32)cc(C(C)(C)C)n1. The Balaban J connectivity index is 1.31. The summed E-state index contributed by atoms with van der Waals surface area (Å²) < 4.78 is 8.19. The molecule has 1 aliphatic carbocycles. The van der Waals surface area contributed by atoms with Crippen molar-refractivity contribution in [2.45, 2.75) is 64.5 Å². The summed E-state index contributed by atoms with van der Waals surface area (Å²) in [6, 6.07) is 13.3. The molecule has 2 atom stereocenters. The Morgan fingerprint density at radius 2 is 1.92 bits per heavy atom. The minimum atomic E-state index is -0.284. The molecule has 2 amide bonds. The summed E-state index contributed by atoms with van der Waals surface area (Å²) in [6.45, 7) is 8.30. The number of anilines is 1. The maximum Gasteiger partial charge on any atom is 0.320 e. The van der Waals surface area contributed by atoms with Gasteiger partial charge in [0.25, 0.3) is 0 Å². The maximum absolute atomic E-state index is 13.0. The number of fused-ring (bicyclic) bond motifs is 2. The van der Waals surface area contributed by atoms with Crippen molar-refractivity contribution in [3.8, 4) is 5.75 Å². The van der Waals surface area contributed by atoms with E-state index in [0.717, 1.165) is 41.1 Å². The molecule has 1 aromatic carbocycles. The number of nitrogens with zero attached hydrogens (tertiary/aromatic N) is 5. The Morgan fingerprint density at radius 3 is 2.69 bits per heavy atom. The number of hydrogen-bond acceptors (Lipinski definition) is 6. The Labute approximate surface area is 210 Å². The standard InChI is InChI=1S/C27H31N7O2/c1-5-23-30-22(27(2,3)4)14-24(31-23)32-26(35)29-20-11-12-21(19-9-7-6-8-18(19)20)36-17-10-13-25-33-28-16-34(25)15-17/h6-10,13-16,20-21H,5,11-12H2,1-4H3,(H2,29,30,31,32,35). The van der Waals surface area contributed by atoms with E-state index in [2.05, 4.69) is 63.7 Å². The van der Waals surface area contributed by atoms with Crippen molar-refractivity contribution in [1.29, 1.82) is 0 Å². The molecule has 1 aliphatic rings. The molecule has 0 bridgehead atoms. The zero-order valence-electron chi connectivity index (χ0n) is 21.0. The average Bonchev–Trinajstić information content (AvgIpc) is 3.33. The second-order valence-electron chi connectivity index (χ2n) is 10.1. The van der Waals surface area contributed by atoms with Gasteiger partial charge in [0.15, 0.2) is 5.65 Å². The first-order valence-electron chi connectivity index (χ1n) is 12.3. The summed E-state index contributed by atoms with van der Waals surface area (Å²) in [5.41, 5.74) is 3.66. The van der Waals surface area contributed by atoms with Crippen LogP contribution in [0, 0.1) is 0 Å². The van der Waals surface area contributed by atoms with Gasteiger partial charge in [0, 0.05) is 17.9 Å². The lowest BCUT2D eigenvalue weighted by molar-refractivity contribution is 0.171. The van der Waals surface area contributed by atoms with E-state index in [-0.39, 0.29) is 23.6 Å². The van der Waals surface area contributed by atoms with Crippen LogP contribution in [0.5, 0.6) is 5.75 Å². The topological polar surface area (TPSA) is 106 Å². The third-order valence-corrected chi connectivity index (χ3v) is 6.38. The Hall–Kier alpha value is -4.01. The Kier molecular flexibility index (Phi) is 6.30. The van der Waals surface area contributed by atoms with E-state index >= 15 is 0 Å². The number of benzene rings is 1. The zero-order valence-corrected chi connectivity index (χ0v) is 21.0. The van der Waals surface area contributed by atoms with E-state index < -0.39 is 0 Å². The minimum Gasteiger partial charge on any atom is -0.484 e.